The van der Waals surface area contributed by atoms with E-state index in [9.17, 15) is 28.8 Å². The van der Waals surface area contributed by atoms with E-state index in [0.29, 0.717) is 24.8 Å². The van der Waals surface area contributed by atoms with Crippen LogP contribution in [0.3, 0.4) is 0 Å². The first kappa shape index (κ1) is 50.9. The molecule has 0 unspecified atom stereocenters. The van der Waals surface area contributed by atoms with Gasteiger partial charge in [-0.15, -0.1) is 0 Å². The van der Waals surface area contributed by atoms with E-state index in [2.05, 4.69) is 43.4 Å². The summed E-state index contributed by atoms with van der Waals surface area (Å²) in [7, 11) is 2.86. The molecule has 0 aliphatic rings. The molecule has 342 valence electrons. The van der Waals surface area contributed by atoms with Crippen LogP contribution in [0.2, 0.25) is 0 Å². The van der Waals surface area contributed by atoms with Gasteiger partial charge in [0.2, 0.25) is 11.8 Å². The van der Waals surface area contributed by atoms with Crippen LogP contribution in [-0.2, 0) is 52.8 Å². The number of hydrogen-bond acceptors (Lipinski definition) is 7. The Hall–Kier alpha value is -5.70. The second-order valence-electron chi connectivity index (χ2n) is 17.6. The highest BCUT2D eigenvalue weighted by atomic mass is 16.5. The number of benzene rings is 4. The molecule has 64 heavy (non-hydrogen) atoms. The lowest BCUT2D eigenvalue weighted by Gasteiger charge is -2.31. The van der Waals surface area contributed by atoms with Crippen LogP contribution in [0.15, 0.2) is 97.1 Å². The Morgan fingerprint density at radius 1 is 0.641 bits per heavy atom. The summed E-state index contributed by atoms with van der Waals surface area (Å²) < 4.78 is 4.99. The van der Waals surface area contributed by atoms with E-state index in [1.807, 2.05) is 86.6 Å². The van der Waals surface area contributed by atoms with Crippen molar-refractivity contribution in [2.24, 2.45) is 11.8 Å². The Kier molecular flexibility index (Phi) is 20.8. The van der Waals surface area contributed by atoms with E-state index < -0.39 is 35.8 Å². The molecule has 1 N–H and O–H groups in total. The monoisotopic (exact) mass is 871 g/mol. The quantitative estimate of drug-likeness (QED) is 0.0467. The number of Topliss-reactive ketones (excluding diaryl/α,β-unsaturated/α-hetero) is 3. The number of carbonyl (C=O) groups is 6. The van der Waals surface area contributed by atoms with Crippen molar-refractivity contribution in [2.45, 2.75) is 137 Å². The van der Waals surface area contributed by atoms with Crippen molar-refractivity contribution in [1.29, 1.82) is 0 Å². The average molecular weight is 871 g/mol. The first-order valence-electron chi connectivity index (χ1n) is 23.2. The minimum atomic E-state index is -1.00. The molecule has 4 aromatic carbocycles. The van der Waals surface area contributed by atoms with Gasteiger partial charge in [-0.05, 0) is 72.9 Å². The number of methoxy groups -OCH3 is 1. The van der Waals surface area contributed by atoms with Gasteiger partial charge in [-0.2, -0.15) is 0 Å². The van der Waals surface area contributed by atoms with Crippen LogP contribution in [0.25, 0.3) is 11.1 Å². The lowest BCUT2D eigenvalue weighted by atomic mass is 9.89. The molecule has 0 saturated carbocycles. The van der Waals surface area contributed by atoms with Gasteiger partial charge in [-0.1, -0.05) is 155 Å². The number of ketones is 3. The molecule has 4 aromatic rings. The fourth-order valence-corrected chi connectivity index (χ4v) is 8.09. The summed E-state index contributed by atoms with van der Waals surface area (Å²) in [4.78, 5) is 82.9. The topological polar surface area (TPSA) is 127 Å². The molecule has 0 aliphatic heterocycles. The number of amides is 2. The molecule has 0 saturated heterocycles. The Morgan fingerprint density at radius 3 is 1.77 bits per heavy atom. The number of aryl methyl sites for hydroxylation is 3. The number of carbonyl (C=O) groups excluding carboxylic acids is 6. The van der Waals surface area contributed by atoms with Crippen molar-refractivity contribution < 1.29 is 33.5 Å². The Bertz CT molecular complexity index is 2130. The highest BCUT2D eigenvalue weighted by Gasteiger charge is 2.35. The zero-order valence-corrected chi connectivity index (χ0v) is 39.3. The molecular formula is C55H70N2O7. The molecule has 9 heteroatoms. The summed E-state index contributed by atoms with van der Waals surface area (Å²) in [5.74, 6) is -3.21. The van der Waals surface area contributed by atoms with Crippen LogP contribution >= 0.6 is 0 Å². The number of esters is 1. The zero-order chi connectivity index (χ0) is 46.6. The van der Waals surface area contributed by atoms with Gasteiger partial charge in [0.15, 0.2) is 5.78 Å². The summed E-state index contributed by atoms with van der Waals surface area (Å²) in [6.07, 6.45) is 7.70. The van der Waals surface area contributed by atoms with E-state index in [1.54, 1.807) is 14.0 Å². The minimum Gasteiger partial charge on any atom is -0.467 e. The molecule has 0 aliphatic carbocycles. The van der Waals surface area contributed by atoms with Gasteiger partial charge in [0.05, 0.1) is 7.11 Å². The van der Waals surface area contributed by atoms with Gasteiger partial charge in [0.25, 0.3) is 0 Å². The predicted octanol–water partition coefficient (Wildman–Crippen LogP) is 10.4. The van der Waals surface area contributed by atoms with Gasteiger partial charge in [0.1, 0.15) is 23.7 Å². The fourth-order valence-electron chi connectivity index (χ4n) is 8.09. The van der Waals surface area contributed by atoms with Crippen molar-refractivity contribution in [3.05, 3.63) is 130 Å². The van der Waals surface area contributed by atoms with Crippen molar-refractivity contribution >= 4 is 35.1 Å². The number of rotatable bonds is 27. The molecule has 0 fully saturated rings. The van der Waals surface area contributed by atoms with E-state index in [-0.39, 0.29) is 55.4 Å². The second-order valence-corrected chi connectivity index (χ2v) is 17.6. The smallest absolute Gasteiger partial charge is 0.328 e. The Labute approximate surface area is 381 Å². The maximum atomic E-state index is 14.4. The molecule has 0 bridgehead atoms. The molecule has 9 nitrogen and oxygen atoms in total. The van der Waals surface area contributed by atoms with Crippen LogP contribution in [-0.4, -0.2) is 60.2 Å². The summed E-state index contributed by atoms with van der Waals surface area (Å²) in [5.41, 5.74) is 8.02. The van der Waals surface area contributed by atoms with Crippen LogP contribution in [0.1, 0.15) is 131 Å². The number of likely N-dealkylation sites (N-methyl/N-ethyl adjacent to an activating group) is 1. The molecule has 4 rings (SSSR count). The van der Waals surface area contributed by atoms with E-state index in [1.165, 1.54) is 30.4 Å². The minimum absolute atomic E-state index is 0.0195. The van der Waals surface area contributed by atoms with Crippen molar-refractivity contribution in [3.8, 4) is 11.1 Å². The molecular weight excluding hydrogens is 801 g/mol. The fraction of sp³-hybridized carbons (Fsp3) is 0.455. The summed E-state index contributed by atoms with van der Waals surface area (Å²) in [6, 6.07) is 29.8. The Balaban J connectivity index is 1.38. The lowest BCUT2D eigenvalue weighted by molar-refractivity contribution is -0.146. The molecule has 2 amide bonds. The number of ether oxygens (including phenoxy) is 1. The average Bonchev–Trinajstić information content (AvgIpc) is 3.29. The second kappa shape index (κ2) is 26.2. The third kappa shape index (κ3) is 16.1. The van der Waals surface area contributed by atoms with Gasteiger partial charge >= 0.3 is 5.97 Å². The number of hydrogen-bond donors (Lipinski definition) is 1. The maximum Gasteiger partial charge on any atom is 0.328 e. The summed E-state index contributed by atoms with van der Waals surface area (Å²) >= 11 is 0. The van der Waals surface area contributed by atoms with E-state index in [0.717, 1.165) is 59.1 Å². The zero-order valence-electron chi connectivity index (χ0n) is 39.3. The van der Waals surface area contributed by atoms with E-state index in [4.69, 9.17) is 4.74 Å². The van der Waals surface area contributed by atoms with Crippen LogP contribution in [0.5, 0.6) is 0 Å². The molecule has 0 heterocycles. The molecule has 0 spiro atoms. The SMILES string of the molecule is CCCCC[C@H](CC(=O)CCCC(=O)Cc1ccc(-c2ccc(CCCC)cc2)cc1)C(=O)N(C)[C@H](C(=O)C[C@@H](C)C(=O)N[C@@H](Cc1ccc(C)cc1)C(=O)OC)c1ccc(C)cc1. The first-order valence-corrected chi connectivity index (χ1v) is 23.2. The molecule has 0 aromatic heterocycles. The molecule has 4 atom stereocenters. The van der Waals surface area contributed by atoms with Crippen molar-refractivity contribution in [2.75, 3.05) is 14.2 Å². The Morgan fingerprint density at radius 2 is 1.19 bits per heavy atom. The van der Waals surface area contributed by atoms with Crippen LogP contribution < -0.4 is 5.32 Å². The third-order valence-electron chi connectivity index (χ3n) is 12.1. The van der Waals surface area contributed by atoms with Gasteiger partial charge in [-0.3, -0.25) is 24.0 Å². The first-order chi connectivity index (χ1) is 30.7. The number of nitrogens with zero attached hydrogens (tertiary/aromatic N) is 1. The number of unbranched alkanes of at least 4 members (excludes halogenated alkanes) is 3. The van der Waals surface area contributed by atoms with E-state index >= 15 is 0 Å². The van der Waals surface area contributed by atoms with Gasteiger partial charge in [0, 0.05) is 57.4 Å². The standard InChI is InChI=1S/C55H70N2O7/c1-8-10-12-15-47(37-49(59)17-13-16-48(58)35-42-26-32-45(33-27-42)44-30-24-41(25-31-44)14-11-9-2)54(62)57(6)52(46-28-20-39(4)21-29-46)51(60)34-40(5)53(61)56-50(55(63)64-7)36-43-22-18-38(3)19-23-43/h18-33,40,47,50,52H,8-17,34-37H2,1-7H3,(H,56,61)/t40-,47-,50+,52+/m1/s1. The molecule has 0 radical (unpaired) electrons. The highest BCUT2D eigenvalue weighted by Crippen LogP contribution is 2.29. The van der Waals surface area contributed by atoms with Gasteiger partial charge < -0.3 is 15.0 Å². The van der Waals surface area contributed by atoms with Gasteiger partial charge in [-0.25, -0.2) is 4.79 Å². The number of nitrogens with one attached hydrogen (secondary N) is 1. The highest BCUT2D eigenvalue weighted by molar-refractivity contribution is 5.95. The third-order valence-corrected chi connectivity index (χ3v) is 12.1. The lowest BCUT2D eigenvalue weighted by Crippen LogP contribution is -2.46. The predicted molar refractivity (Wildman–Crippen MR) is 255 cm³/mol. The summed E-state index contributed by atoms with van der Waals surface area (Å²) in [6.45, 7) is 9.80. The van der Waals surface area contributed by atoms with Crippen LogP contribution in [0.4, 0.5) is 0 Å². The van der Waals surface area contributed by atoms with Crippen molar-refractivity contribution in [3.63, 3.8) is 0 Å². The normalized spacial score (nSPS) is 13.0. The summed E-state index contributed by atoms with van der Waals surface area (Å²) in [5, 5.41) is 2.79. The van der Waals surface area contributed by atoms with Crippen LogP contribution in [0, 0.1) is 25.7 Å². The van der Waals surface area contributed by atoms with Crippen molar-refractivity contribution in [1.82, 2.24) is 10.2 Å². The maximum absolute atomic E-state index is 14.4. The largest absolute Gasteiger partial charge is 0.467 e.